The van der Waals surface area contributed by atoms with Gasteiger partial charge in [0.05, 0.1) is 19.3 Å². The molecule has 3 aromatic carbocycles. The minimum absolute atomic E-state index is 0.123. The summed E-state index contributed by atoms with van der Waals surface area (Å²) in [6, 6.07) is 20.0. The lowest BCUT2D eigenvalue weighted by Crippen LogP contribution is -2.41. The summed E-state index contributed by atoms with van der Waals surface area (Å²) in [6.07, 6.45) is 0. The molecule has 4 rings (SSSR count). The lowest BCUT2D eigenvalue weighted by molar-refractivity contribution is -0.139. The number of rotatable bonds is 9. The molecule has 1 N–H and O–H groups in total. The van der Waals surface area contributed by atoms with E-state index in [4.69, 9.17) is 19.3 Å². The Labute approximate surface area is 211 Å². The van der Waals surface area contributed by atoms with Crippen molar-refractivity contribution in [1.82, 2.24) is 0 Å². The summed E-state index contributed by atoms with van der Waals surface area (Å²) >= 11 is 3.45. The normalized spacial score (nSPS) is 12.3. The number of ether oxygens (including phenoxy) is 3. The number of methoxy groups -OCH3 is 1. The van der Waals surface area contributed by atoms with Crippen molar-refractivity contribution in [3.05, 3.63) is 76.8 Å². The van der Waals surface area contributed by atoms with Crippen LogP contribution >= 0.6 is 15.9 Å². The fourth-order valence-corrected chi connectivity index (χ4v) is 4.11. The maximum atomic E-state index is 13.5. The highest BCUT2D eigenvalue weighted by atomic mass is 79.9. The smallest absolute Gasteiger partial charge is 0.341 e. The van der Waals surface area contributed by atoms with Gasteiger partial charge in [-0.25, -0.2) is 4.79 Å². The average molecular weight is 541 g/mol. The number of benzene rings is 3. The number of halogens is 1. The quantitative estimate of drug-likeness (QED) is 0.428. The third kappa shape index (κ3) is 5.86. The van der Waals surface area contributed by atoms with Gasteiger partial charge < -0.3 is 29.1 Å². The van der Waals surface area contributed by atoms with Crippen LogP contribution < -0.4 is 24.0 Å². The first-order valence-corrected chi connectivity index (χ1v) is 11.8. The van der Waals surface area contributed by atoms with E-state index in [0.717, 1.165) is 15.8 Å². The molecule has 0 unspecified atom stereocenters. The molecule has 35 heavy (non-hydrogen) atoms. The van der Waals surface area contributed by atoms with Crippen molar-refractivity contribution in [3.63, 3.8) is 0 Å². The lowest BCUT2D eigenvalue weighted by atomic mass is 10.1. The summed E-state index contributed by atoms with van der Waals surface area (Å²) in [7, 11) is 1.59. The Balaban J connectivity index is 1.57. The third-order valence-corrected chi connectivity index (χ3v) is 6.10. The van der Waals surface area contributed by atoms with E-state index in [2.05, 4.69) is 20.8 Å². The average Bonchev–Trinajstić information content (AvgIpc) is 2.88. The van der Waals surface area contributed by atoms with E-state index in [1.54, 1.807) is 48.4 Å². The molecule has 3 aromatic rings. The molecule has 0 bridgehead atoms. The zero-order chi connectivity index (χ0) is 24.8. The standard InChI is InChI=1S/C26H25BrN2O6/c1-33-21-11-5-18(6-12-21)26(32)29(20-9-7-19(27)8-10-20)14-13-28-15-16-34-25-22(28)3-2-4-23(25)35-17-24(30)31/h2-12H,13-17H2,1H3,(H,30,31). The molecule has 0 saturated carbocycles. The molecule has 9 heteroatoms. The highest BCUT2D eigenvalue weighted by Crippen LogP contribution is 2.40. The predicted octanol–water partition coefficient (Wildman–Crippen LogP) is 4.47. The molecule has 182 valence electrons. The second kappa shape index (κ2) is 11.1. The van der Waals surface area contributed by atoms with E-state index < -0.39 is 12.6 Å². The van der Waals surface area contributed by atoms with Crippen LogP contribution in [0, 0.1) is 0 Å². The summed E-state index contributed by atoms with van der Waals surface area (Å²) in [5.74, 6) is 0.396. The van der Waals surface area contributed by atoms with E-state index >= 15 is 0 Å². The predicted molar refractivity (Wildman–Crippen MR) is 136 cm³/mol. The van der Waals surface area contributed by atoms with Gasteiger partial charge in [-0.2, -0.15) is 0 Å². The third-order valence-electron chi connectivity index (χ3n) is 5.57. The Hall–Kier alpha value is -3.72. The van der Waals surface area contributed by atoms with Crippen molar-refractivity contribution in [3.8, 4) is 17.2 Å². The Morgan fingerprint density at radius 2 is 1.83 bits per heavy atom. The topological polar surface area (TPSA) is 88.5 Å². The molecule has 0 saturated heterocycles. The maximum Gasteiger partial charge on any atom is 0.341 e. The van der Waals surface area contributed by atoms with Gasteiger partial charge in [0, 0.05) is 28.8 Å². The van der Waals surface area contributed by atoms with Gasteiger partial charge in [-0.15, -0.1) is 0 Å². The van der Waals surface area contributed by atoms with Gasteiger partial charge in [-0.3, -0.25) is 4.79 Å². The van der Waals surface area contributed by atoms with Crippen LogP contribution in [0.1, 0.15) is 10.4 Å². The summed E-state index contributed by atoms with van der Waals surface area (Å²) in [6.45, 7) is 1.56. The van der Waals surface area contributed by atoms with E-state index in [0.29, 0.717) is 49.1 Å². The SMILES string of the molecule is COc1ccc(C(=O)N(CCN2CCOc3c(OCC(=O)O)cccc32)c2ccc(Br)cc2)cc1. The van der Waals surface area contributed by atoms with Gasteiger partial charge in [0.15, 0.2) is 18.1 Å². The van der Waals surface area contributed by atoms with Gasteiger partial charge in [0.25, 0.3) is 5.91 Å². The van der Waals surface area contributed by atoms with Crippen LogP contribution in [0.25, 0.3) is 0 Å². The molecule has 0 spiro atoms. The number of carboxylic acid groups (broad SMARTS) is 1. The molecule has 1 aliphatic rings. The molecule has 1 amide bonds. The second-order valence-electron chi connectivity index (χ2n) is 7.78. The van der Waals surface area contributed by atoms with E-state index in [-0.39, 0.29) is 5.91 Å². The van der Waals surface area contributed by atoms with E-state index in [1.807, 2.05) is 30.3 Å². The molecule has 0 radical (unpaired) electrons. The molecule has 1 heterocycles. The summed E-state index contributed by atoms with van der Waals surface area (Å²) in [5.41, 5.74) is 2.13. The number of fused-ring (bicyclic) bond motifs is 1. The van der Waals surface area contributed by atoms with Crippen LogP contribution in [0.5, 0.6) is 17.2 Å². The van der Waals surface area contributed by atoms with Crippen molar-refractivity contribution in [1.29, 1.82) is 0 Å². The summed E-state index contributed by atoms with van der Waals surface area (Å²) in [5, 5.41) is 8.95. The number of aliphatic carboxylic acids is 1. The van der Waals surface area contributed by atoms with Gasteiger partial charge in [0.2, 0.25) is 0 Å². The first-order valence-electron chi connectivity index (χ1n) is 11.0. The van der Waals surface area contributed by atoms with Crippen molar-refractivity contribution >= 4 is 39.2 Å². The first-order chi connectivity index (χ1) is 17.0. The summed E-state index contributed by atoms with van der Waals surface area (Å²) < 4.78 is 17.3. The van der Waals surface area contributed by atoms with Gasteiger partial charge in [0.1, 0.15) is 12.4 Å². The highest BCUT2D eigenvalue weighted by molar-refractivity contribution is 9.10. The van der Waals surface area contributed by atoms with Crippen LogP contribution in [0.2, 0.25) is 0 Å². The fourth-order valence-electron chi connectivity index (χ4n) is 3.84. The Kier molecular flexibility index (Phi) is 7.77. The minimum atomic E-state index is -1.06. The number of carbonyl (C=O) groups is 2. The number of anilines is 2. The number of carbonyl (C=O) groups excluding carboxylic acids is 1. The molecule has 0 fully saturated rings. The van der Waals surface area contributed by atoms with E-state index in [9.17, 15) is 9.59 Å². The number of amides is 1. The first kappa shape index (κ1) is 24.4. The second-order valence-corrected chi connectivity index (χ2v) is 8.70. The number of hydrogen-bond acceptors (Lipinski definition) is 6. The van der Waals surface area contributed by atoms with Crippen molar-refractivity contribution < 1.29 is 28.9 Å². The highest BCUT2D eigenvalue weighted by Gasteiger charge is 2.24. The number of nitrogens with zero attached hydrogens (tertiary/aromatic N) is 2. The Bertz CT molecular complexity index is 1180. The number of para-hydroxylation sites is 1. The van der Waals surface area contributed by atoms with Crippen LogP contribution in [0.3, 0.4) is 0 Å². The monoisotopic (exact) mass is 540 g/mol. The Morgan fingerprint density at radius 3 is 2.51 bits per heavy atom. The Morgan fingerprint density at radius 1 is 1.09 bits per heavy atom. The molecule has 0 atom stereocenters. The largest absolute Gasteiger partial charge is 0.497 e. The molecule has 0 aromatic heterocycles. The molecule has 8 nitrogen and oxygen atoms in total. The molecule has 1 aliphatic heterocycles. The lowest BCUT2D eigenvalue weighted by Gasteiger charge is -2.34. The number of carboxylic acids is 1. The molecular weight excluding hydrogens is 516 g/mol. The van der Waals surface area contributed by atoms with Crippen LogP contribution in [-0.2, 0) is 4.79 Å². The van der Waals surface area contributed by atoms with Crippen molar-refractivity contribution in [2.45, 2.75) is 0 Å². The fraction of sp³-hybridized carbons (Fsp3) is 0.231. The van der Waals surface area contributed by atoms with E-state index in [1.165, 1.54) is 0 Å². The maximum absolute atomic E-state index is 13.5. The van der Waals surface area contributed by atoms with Gasteiger partial charge >= 0.3 is 5.97 Å². The summed E-state index contributed by atoms with van der Waals surface area (Å²) in [4.78, 5) is 28.3. The van der Waals surface area contributed by atoms with Crippen LogP contribution in [0.15, 0.2) is 71.2 Å². The van der Waals surface area contributed by atoms with Crippen LogP contribution in [0.4, 0.5) is 11.4 Å². The minimum Gasteiger partial charge on any atom is -0.497 e. The molecule has 0 aliphatic carbocycles. The zero-order valence-electron chi connectivity index (χ0n) is 19.1. The van der Waals surface area contributed by atoms with Crippen molar-refractivity contribution in [2.24, 2.45) is 0 Å². The molecular formula is C26H25BrN2O6. The number of hydrogen-bond donors (Lipinski definition) is 1. The van der Waals surface area contributed by atoms with Crippen LogP contribution in [-0.4, -0.2) is 56.9 Å². The zero-order valence-corrected chi connectivity index (χ0v) is 20.7. The van der Waals surface area contributed by atoms with Crippen molar-refractivity contribution in [2.75, 3.05) is 49.8 Å². The van der Waals surface area contributed by atoms with Gasteiger partial charge in [-0.05, 0) is 60.7 Å². The van der Waals surface area contributed by atoms with Gasteiger partial charge in [-0.1, -0.05) is 22.0 Å².